The second kappa shape index (κ2) is 11.5. The third-order valence-corrected chi connectivity index (χ3v) is 5.42. The summed E-state index contributed by atoms with van der Waals surface area (Å²) in [5.74, 6) is 0.428. The molecule has 0 atom stereocenters. The van der Waals surface area contributed by atoms with E-state index in [1.54, 1.807) is 36.4 Å². The first kappa shape index (κ1) is 24.4. The first-order valence-corrected chi connectivity index (χ1v) is 11.1. The number of rotatable bonds is 9. The van der Waals surface area contributed by atoms with Crippen LogP contribution in [0.1, 0.15) is 28.4 Å². The maximum Gasteiger partial charge on any atom is 0.262 e. The van der Waals surface area contributed by atoms with Gasteiger partial charge in [-0.25, -0.2) is 0 Å². The predicted octanol–water partition coefficient (Wildman–Crippen LogP) is 6.61. The van der Waals surface area contributed by atoms with Crippen LogP contribution in [-0.4, -0.2) is 24.9 Å². The first-order chi connectivity index (χ1) is 15.9. The molecular formula is C26H23Cl2NO4. The molecule has 3 rings (SSSR count). The van der Waals surface area contributed by atoms with E-state index < -0.39 is 0 Å². The largest absolute Gasteiger partial charge is 0.490 e. The molecule has 0 bridgehead atoms. The molecule has 0 aliphatic rings. The minimum absolute atomic E-state index is 0.167. The number of halogens is 2. The number of carbonyl (C=O) groups is 2. The van der Waals surface area contributed by atoms with Gasteiger partial charge in [-0.15, -0.1) is 0 Å². The van der Waals surface area contributed by atoms with Crippen molar-refractivity contribution in [1.82, 2.24) is 0 Å². The van der Waals surface area contributed by atoms with Crippen molar-refractivity contribution in [2.45, 2.75) is 13.8 Å². The molecule has 0 aliphatic carbocycles. The summed E-state index contributed by atoms with van der Waals surface area (Å²) in [6.45, 7) is 4.02. The number of ether oxygens (including phenoxy) is 2. The first-order valence-electron chi connectivity index (χ1n) is 10.3. The van der Waals surface area contributed by atoms with E-state index in [4.69, 9.17) is 32.7 Å². The Bertz CT molecular complexity index is 1190. The van der Waals surface area contributed by atoms with Crippen molar-refractivity contribution in [3.05, 3.63) is 93.5 Å². The van der Waals surface area contributed by atoms with Gasteiger partial charge < -0.3 is 14.8 Å². The highest BCUT2D eigenvalue weighted by Gasteiger charge is 2.11. The van der Waals surface area contributed by atoms with E-state index in [0.717, 1.165) is 16.8 Å². The van der Waals surface area contributed by atoms with Crippen molar-refractivity contribution < 1.29 is 19.1 Å². The summed E-state index contributed by atoms with van der Waals surface area (Å²) in [5.41, 5.74) is 2.88. The van der Waals surface area contributed by atoms with E-state index in [1.165, 1.54) is 12.1 Å². The smallest absolute Gasteiger partial charge is 0.262 e. The Morgan fingerprint density at radius 1 is 0.939 bits per heavy atom. The molecule has 0 heterocycles. The van der Waals surface area contributed by atoms with Gasteiger partial charge in [-0.2, -0.15) is 0 Å². The lowest BCUT2D eigenvalue weighted by molar-refractivity contribution is -0.118. The zero-order valence-corrected chi connectivity index (χ0v) is 19.7. The molecule has 5 nitrogen and oxygen atoms in total. The highest BCUT2D eigenvalue weighted by atomic mass is 35.5. The summed E-state index contributed by atoms with van der Waals surface area (Å²) in [4.78, 5) is 24.7. The molecule has 0 aliphatic heterocycles. The van der Waals surface area contributed by atoms with Crippen LogP contribution in [0, 0.1) is 6.92 Å². The molecule has 3 aromatic carbocycles. The minimum Gasteiger partial charge on any atom is -0.490 e. The van der Waals surface area contributed by atoms with Crippen molar-refractivity contribution in [1.29, 1.82) is 0 Å². The number of anilines is 1. The molecular weight excluding hydrogens is 461 g/mol. The van der Waals surface area contributed by atoms with Crippen LogP contribution < -0.4 is 14.8 Å². The van der Waals surface area contributed by atoms with Gasteiger partial charge in [0, 0.05) is 11.3 Å². The van der Waals surface area contributed by atoms with Gasteiger partial charge in [0.2, 0.25) is 0 Å². The van der Waals surface area contributed by atoms with Gasteiger partial charge in [-0.05, 0) is 67.4 Å². The lowest BCUT2D eigenvalue weighted by Gasteiger charge is -2.13. The summed E-state index contributed by atoms with van der Waals surface area (Å²) < 4.78 is 11.3. The lowest BCUT2D eigenvalue weighted by Crippen LogP contribution is -2.20. The number of para-hydroxylation sites is 1. The molecule has 0 saturated heterocycles. The Balaban J connectivity index is 1.67. The van der Waals surface area contributed by atoms with E-state index in [0.29, 0.717) is 33.7 Å². The maximum absolute atomic E-state index is 12.4. The van der Waals surface area contributed by atoms with E-state index in [1.807, 2.05) is 38.1 Å². The molecule has 7 heteroatoms. The molecule has 0 unspecified atom stereocenters. The van der Waals surface area contributed by atoms with Crippen LogP contribution in [0.2, 0.25) is 10.0 Å². The zero-order valence-electron chi connectivity index (χ0n) is 18.2. The van der Waals surface area contributed by atoms with Gasteiger partial charge in [-0.1, -0.05) is 53.5 Å². The fourth-order valence-electron chi connectivity index (χ4n) is 2.98. The number of amides is 1. The monoisotopic (exact) mass is 483 g/mol. The number of benzene rings is 3. The van der Waals surface area contributed by atoms with Crippen LogP contribution in [-0.2, 0) is 4.79 Å². The molecule has 0 radical (unpaired) electrons. The Morgan fingerprint density at radius 2 is 1.73 bits per heavy atom. The Morgan fingerprint density at radius 3 is 2.45 bits per heavy atom. The van der Waals surface area contributed by atoms with Gasteiger partial charge >= 0.3 is 0 Å². The highest BCUT2D eigenvalue weighted by molar-refractivity contribution is 6.42. The predicted molar refractivity (Wildman–Crippen MR) is 133 cm³/mol. The highest BCUT2D eigenvalue weighted by Crippen LogP contribution is 2.29. The summed E-state index contributed by atoms with van der Waals surface area (Å²) in [7, 11) is 0. The summed E-state index contributed by atoms with van der Waals surface area (Å²) in [5, 5.41) is 3.54. The zero-order chi connectivity index (χ0) is 23.8. The van der Waals surface area contributed by atoms with Crippen LogP contribution >= 0.6 is 23.2 Å². The van der Waals surface area contributed by atoms with Crippen molar-refractivity contribution in [3.63, 3.8) is 0 Å². The molecule has 33 heavy (non-hydrogen) atoms. The number of carbonyl (C=O) groups excluding carboxylic acids is 2. The van der Waals surface area contributed by atoms with Crippen LogP contribution in [0.15, 0.2) is 66.7 Å². The second-order valence-electron chi connectivity index (χ2n) is 7.12. The van der Waals surface area contributed by atoms with Gasteiger partial charge in [0.15, 0.2) is 23.9 Å². The number of hydrogen-bond acceptors (Lipinski definition) is 4. The van der Waals surface area contributed by atoms with Crippen molar-refractivity contribution in [3.8, 4) is 11.5 Å². The number of nitrogens with one attached hydrogen (secondary N) is 1. The number of hydrogen-bond donors (Lipinski definition) is 1. The fraction of sp³-hybridized carbons (Fsp3) is 0.154. The van der Waals surface area contributed by atoms with Crippen molar-refractivity contribution >= 4 is 46.7 Å². The molecule has 0 spiro atoms. The second-order valence-corrected chi connectivity index (χ2v) is 7.93. The van der Waals surface area contributed by atoms with Crippen LogP contribution in [0.25, 0.3) is 6.08 Å². The molecule has 1 N–H and O–H groups in total. The fourth-order valence-corrected chi connectivity index (χ4v) is 3.27. The number of aryl methyl sites for hydroxylation is 1. The van der Waals surface area contributed by atoms with Gasteiger partial charge in [0.1, 0.15) is 0 Å². The Kier molecular flexibility index (Phi) is 8.52. The Labute approximate surface area is 202 Å². The number of ketones is 1. The number of allylic oxidation sites excluding steroid dienone is 1. The summed E-state index contributed by atoms with van der Waals surface area (Å²) >= 11 is 11.9. The average Bonchev–Trinajstić information content (AvgIpc) is 2.80. The molecule has 0 aromatic heterocycles. The Hall–Kier alpha value is -3.28. The van der Waals surface area contributed by atoms with E-state index in [2.05, 4.69) is 5.32 Å². The normalized spacial score (nSPS) is 10.8. The maximum atomic E-state index is 12.4. The minimum atomic E-state index is -0.275. The van der Waals surface area contributed by atoms with Gasteiger partial charge in [0.25, 0.3) is 5.91 Å². The lowest BCUT2D eigenvalue weighted by atomic mass is 10.1. The standard InChI is InChI=1S/C26H23Cl2NO4/c1-3-32-25-14-18(8-12-23(30)19-10-11-20(27)21(28)15-19)9-13-24(25)33-16-26(31)29-22-7-5-4-6-17(22)2/h4-15H,3,16H2,1-2H3,(H,29,31)/b12-8+. The van der Waals surface area contributed by atoms with Crippen LogP contribution in [0.5, 0.6) is 11.5 Å². The third-order valence-electron chi connectivity index (χ3n) is 4.68. The van der Waals surface area contributed by atoms with E-state index >= 15 is 0 Å². The van der Waals surface area contributed by atoms with Crippen LogP contribution in [0.3, 0.4) is 0 Å². The third kappa shape index (κ3) is 6.85. The summed E-state index contributed by atoms with van der Waals surface area (Å²) in [6, 6.07) is 17.5. The van der Waals surface area contributed by atoms with Crippen molar-refractivity contribution in [2.24, 2.45) is 0 Å². The quantitative estimate of drug-likeness (QED) is 0.274. The molecule has 0 saturated carbocycles. The molecule has 170 valence electrons. The average molecular weight is 484 g/mol. The molecule has 0 fully saturated rings. The summed E-state index contributed by atoms with van der Waals surface area (Å²) in [6.07, 6.45) is 3.11. The molecule has 1 amide bonds. The van der Waals surface area contributed by atoms with E-state index in [9.17, 15) is 9.59 Å². The van der Waals surface area contributed by atoms with Gasteiger partial charge in [-0.3, -0.25) is 9.59 Å². The van der Waals surface area contributed by atoms with E-state index in [-0.39, 0.29) is 18.3 Å². The van der Waals surface area contributed by atoms with Gasteiger partial charge in [0.05, 0.1) is 16.7 Å². The topological polar surface area (TPSA) is 64.6 Å². The SMILES string of the molecule is CCOc1cc(/C=C/C(=O)c2ccc(Cl)c(Cl)c2)ccc1OCC(=O)Nc1ccccc1C. The van der Waals surface area contributed by atoms with Crippen LogP contribution in [0.4, 0.5) is 5.69 Å². The molecule has 3 aromatic rings. The van der Waals surface area contributed by atoms with Crippen molar-refractivity contribution in [2.75, 3.05) is 18.5 Å².